The van der Waals surface area contributed by atoms with E-state index in [9.17, 15) is 4.39 Å². The molecule has 0 radical (unpaired) electrons. The molecule has 1 aromatic rings. The lowest BCUT2D eigenvalue weighted by atomic mass is 10.1. The minimum absolute atomic E-state index is 0.0668. The molecule has 17 heavy (non-hydrogen) atoms. The predicted octanol–water partition coefficient (Wildman–Crippen LogP) is 3.06. The standard InChI is InChI=1S/C13H18ClFN2/c1-13(2)9-17(7-3-6-16-13)10-4-5-12(15)11(14)8-10/h4-5,8,16H,3,6-7,9H2,1-2H3. The number of anilines is 1. The van der Waals surface area contributed by atoms with E-state index in [2.05, 4.69) is 24.1 Å². The van der Waals surface area contributed by atoms with Crippen LogP contribution in [0.25, 0.3) is 0 Å². The highest BCUT2D eigenvalue weighted by molar-refractivity contribution is 6.31. The lowest BCUT2D eigenvalue weighted by molar-refractivity contribution is 0.416. The summed E-state index contributed by atoms with van der Waals surface area (Å²) < 4.78 is 13.1. The van der Waals surface area contributed by atoms with Crippen molar-refractivity contribution in [1.29, 1.82) is 0 Å². The van der Waals surface area contributed by atoms with Crippen molar-refractivity contribution in [1.82, 2.24) is 5.32 Å². The van der Waals surface area contributed by atoms with Crippen LogP contribution in [0.4, 0.5) is 10.1 Å². The smallest absolute Gasteiger partial charge is 0.141 e. The van der Waals surface area contributed by atoms with E-state index in [1.54, 1.807) is 12.1 Å². The summed E-state index contributed by atoms with van der Waals surface area (Å²) >= 11 is 5.83. The zero-order chi connectivity index (χ0) is 12.5. The highest BCUT2D eigenvalue weighted by atomic mass is 35.5. The molecule has 0 saturated carbocycles. The minimum Gasteiger partial charge on any atom is -0.370 e. The summed E-state index contributed by atoms with van der Waals surface area (Å²) in [5.74, 6) is -0.359. The molecule has 0 atom stereocenters. The molecule has 1 aliphatic heterocycles. The van der Waals surface area contributed by atoms with Crippen LogP contribution in [-0.2, 0) is 0 Å². The van der Waals surface area contributed by atoms with Gasteiger partial charge in [0, 0.05) is 24.3 Å². The Morgan fingerprint density at radius 2 is 2.18 bits per heavy atom. The van der Waals surface area contributed by atoms with Gasteiger partial charge in [-0.05, 0) is 45.0 Å². The maximum Gasteiger partial charge on any atom is 0.141 e. The zero-order valence-electron chi connectivity index (χ0n) is 10.3. The minimum atomic E-state index is -0.359. The Morgan fingerprint density at radius 3 is 2.88 bits per heavy atom. The van der Waals surface area contributed by atoms with Crippen LogP contribution in [-0.4, -0.2) is 25.2 Å². The van der Waals surface area contributed by atoms with E-state index in [4.69, 9.17) is 11.6 Å². The lowest BCUT2D eigenvalue weighted by Crippen LogP contribution is -2.46. The molecule has 1 saturated heterocycles. The number of hydrogen-bond donors (Lipinski definition) is 1. The van der Waals surface area contributed by atoms with Gasteiger partial charge in [0.2, 0.25) is 0 Å². The Hall–Kier alpha value is -0.800. The van der Waals surface area contributed by atoms with E-state index in [-0.39, 0.29) is 16.4 Å². The van der Waals surface area contributed by atoms with E-state index in [0.29, 0.717) is 0 Å². The van der Waals surface area contributed by atoms with E-state index >= 15 is 0 Å². The van der Waals surface area contributed by atoms with Gasteiger partial charge in [0.05, 0.1) is 5.02 Å². The van der Waals surface area contributed by atoms with Crippen LogP contribution in [0.5, 0.6) is 0 Å². The fourth-order valence-electron chi connectivity index (χ4n) is 2.21. The molecule has 1 heterocycles. The molecule has 1 aromatic carbocycles. The second-order valence-electron chi connectivity index (χ2n) is 5.18. The van der Waals surface area contributed by atoms with Crippen LogP contribution >= 0.6 is 11.6 Å². The van der Waals surface area contributed by atoms with Gasteiger partial charge < -0.3 is 10.2 Å². The Bertz CT molecular complexity index is 406. The SMILES string of the molecule is CC1(C)CN(c2ccc(F)c(Cl)c2)CCCN1. The van der Waals surface area contributed by atoms with Crippen molar-refractivity contribution in [2.75, 3.05) is 24.5 Å². The van der Waals surface area contributed by atoms with Crippen molar-refractivity contribution < 1.29 is 4.39 Å². The van der Waals surface area contributed by atoms with Crippen molar-refractivity contribution in [3.63, 3.8) is 0 Å². The molecular weight excluding hydrogens is 239 g/mol. The van der Waals surface area contributed by atoms with Crippen molar-refractivity contribution in [2.45, 2.75) is 25.8 Å². The van der Waals surface area contributed by atoms with Gasteiger partial charge in [0.15, 0.2) is 0 Å². The second kappa shape index (κ2) is 4.83. The quantitative estimate of drug-likeness (QED) is 0.831. The van der Waals surface area contributed by atoms with Gasteiger partial charge in [-0.25, -0.2) is 4.39 Å². The third-order valence-electron chi connectivity index (χ3n) is 3.06. The molecular formula is C13H18ClFN2. The summed E-state index contributed by atoms with van der Waals surface area (Å²) in [7, 11) is 0. The highest BCUT2D eigenvalue weighted by Crippen LogP contribution is 2.25. The summed E-state index contributed by atoms with van der Waals surface area (Å²) in [5.41, 5.74) is 1.06. The average Bonchev–Trinajstić information content (AvgIpc) is 2.43. The van der Waals surface area contributed by atoms with Gasteiger partial charge in [0.25, 0.3) is 0 Å². The second-order valence-corrected chi connectivity index (χ2v) is 5.59. The largest absolute Gasteiger partial charge is 0.370 e. The van der Waals surface area contributed by atoms with Crippen molar-refractivity contribution in [3.8, 4) is 0 Å². The molecule has 0 aromatic heterocycles. The van der Waals surface area contributed by atoms with Gasteiger partial charge in [-0.3, -0.25) is 0 Å². The first-order chi connectivity index (χ1) is 7.98. The monoisotopic (exact) mass is 256 g/mol. The van der Waals surface area contributed by atoms with E-state index in [1.165, 1.54) is 6.07 Å². The van der Waals surface area contributed by atoms with Crippen LogP contribution in [0.15, 0.2) is 18.2 Å². The molecule has 0 aliphatic carbocycles. The zero-order valence-corrected chi connectivity index (χ0v) is 11.0. The maximum absolute atomic E-state index is 13.1. The average molecular weight is 257 g/mol. The Balaban J connectivity index is 2.22. The molecule has 0 amide bonds. The molecule has 1 fully saturated rings. The van der Waals surface area contributed by atoms with E-state index < -0.39 is 0 Å². The Labute approximate surface area is 107 Å². The maximum atomic E-state index is 13.1. The molecule has 2 rings (SSSR count). The van der Waals surface area contributed by atoms with E-state index in [1.807, 2.05) is 0 Å². The van der Waals surface area contributed by atoms with Crippen LogP contribution in [0.1, 0.15) is 20.3 Å². The molecule has 94 valence electrons. The lowest BCUT2D eigenvalue weighted by Gasteiger charge is -2.31. The fraction of sp³-hybridized carbons (Fsp3) is 0.538. The number of nitrogens with one attached hydrogen (secondary N) is 1. The highest BCUT2D eigenvalue weighted by Gasteiger charge is 2.24. The number of halogens is 2. The third kappa shape index (κ3) is 3.11. The summed E-state index contributed by atoms with van der Waals surface area (Å²) in [6.07, 6.45) is 1.08. The van der Waals surface area contributed by atoms with Crippen molar-refractivity contribution >= 4 is 17.3 Å². The van der Waals surface area contributed by atoms with Crippen molar-refractivity contribution in [2.24, 2.45) is 0 Å². The molecule has 1 aliphatic rings. The van der Waals surface area contributed by atoms with E-state index in [0.717, 1.165) is 31.7 Å². The van der Waals surface area contributed by atoms with Crippen molar-refractivity contribution in [3.05, 3.63) is 29.0 Å². The number of rotatable bonds is 1. The summed E-state index contributed by atoms with van der Waals surface area (Å²) in [6, 6.07) is 4.93. The molecule has 2 nitrogen and oxygen atoms in total. The van der Waals surface area contributed by atoms with Crippen LogP contribution < -0.4 is 10.2 Å². The summed E-state index contributed by atoms with van der Waals surface area (Å²) in [5, 5.41) is 3.69. The molecule has 0 unspecified atom stereocenters. The van der Waals surface area contributed by atoms with Crippen LogP contribution in [0, 0.1) is 5.82 Å². The molecule has 1 N–H and O–H groups in total. The predicted molar refractivity (Wildman–Crippen MR) is 70.3 cm³/mol. The topological polar surface area (TPSA) is 15.3 Å². The Morgan fingerprint density at radius 1 is 1.41 bits per heavy atom. The molecule has 0 bridgehead atoms. The van der Waals surface area contributed by atoms with Gasteiger partial charge in [-0.1, -0.05) is 11.6 Å². The first-order valence-corrected chi connectivity index (χ1v) is 6.31. The first kappa shape index (κ1) is 12.7. The number of nitrogens with zero attached hydrogens (tertiary/aromatic N) is 1. The fourth-order valence-corrected chi connectivity index (χ4v) is 2.39. The Kier molecular flexibility index (Phi) is 3.59. The number of hydrogen-bond acceptors (Lipinski definition) is 2. The van der Waals surface area contributed by atoms with Gasteiger partial charge in [-0.15, -0.1) is 0 Å². The summed E-state index contributed by atoms with van der Waals surface area (Å²) in [6.45, 7) is 7.23. The molecule has 0 spiro atoms. The normalized spacial score (nSPS) is 20.1. The molecule has 4 heteroatoms. The van der Waals surface area contributed by atoms with Crippen LogP contribution in [0.3, 0.4) is 0 Å². The third-order valence-corrected chi connectivity index (χ3v) is 3.35. The number of benzene rings is 1. The summed E-state index contributed by atoms with van der Waals surface area (Å²) in [4.78, 5) is 2.26. The first-order valence-electron chi connectivity index (χ1n) is 5.93. The van der Waals surface area contributed by atoms with Gasteiger partial charge in [-0.2, -0.15) is 0 Å². The van der Waals surface area contributed by atoms with Crippen LogP contribution in [0.2, 0.25) is 5.02 Å². The van der Waals surface area contributed by atoms with Gasteiger partial charge >= 0.3 is 0 Å². The van der Waals surface area contributed by atoms with Gasteiger partial charge in [0.1, 0.15) is 5.82 Å².